The first kappa shape index (κ1) is 20.1. The molecule has 0 radical (unpaired) electrons. The Kier molecular flexibility index (Phi) is 5.50. The number of aliphatic imine (C=N–C) groups is 1. The van der Waals surface area contributed by atoms with Crippen molar-refractivity contribution in [1.82, 2.24) is 15.1 Å². The van der Waals surface area contributed by atoms with Crippen LogP contribution >= 0.6 is 0 Å². The quantitative estimate of drug-likeness (QED) is 0.722. The molecule has 2 aromatic carbocycles. The number of fused-ring (bicyclic) bond motifs is 1. The molecular formula is C26H26N4O2. The summed E-state index contributed by atoms with van der Waals surface area (Å²) in [6.07, 6.45) is 9.25. The van der Waals surface area contributed by atoms with Crippen molar-refractivity contribution < 1.29 is 9.53 Å². The number of para-hydroxylation sites is 1. The Hall–Kier alpha value is -3.80. The molecule has 6 nitrogen and oxygen atoms in total. The molecule has 32 heavy (non-hydrogen) atoms. The van der Waals surface area contributed by atoms with Crippen LogP contribution in [0.4, 0.5) is 0 Å². The van der Waals surface area contributed by atoms with Crippen molar-refractivity contribution in [2.24, 2.45) is 10.9 Å². The van der Waals surface area contributed by atoms with E-state index in [9.17, 15) is 4.79 Å². The fraction of sp³-hybridized carbons (Fsp3) is 0.231. The highest BCUT2D eigenvalue weighted by Crippen LogP contribution is 2.35. The summed E-state index contributed by atoms with van der Waals surface area (Å²) >= 11 is 0. The first-order chi connectivity index (χ1) is 15.7. The third kappa shape index (κ3) is 3.91. The summed E-state index contributed by atoms with van der Waals surface area (Å²) in [5.74, 6) is 1.91. The number of hydrogen-bond acceptors (Lipinski definition) is 5. The summed E-state index contributed by atoms with van der Waals surface area (Å²) < 4.78 is 5.93. The van der Waals surface area contributed by atoms with Crippen molar-refractivity contribution >= 4 is 17.8 Å². The van der Waals surface area contributed by atoms with Crippen molar-refractivity contribution in [2.45, 2.75) is 19.0 Å². The summed E-state index contributed by atoms with van der Waals surface area (Å²) in [4.78, 5) is 20.7. The lowest BCUT2D eigenvalue weighted by molar-refractivity contribution is -0.128. The monoisotopic (exact) mass is 426 g/mol. The number of likely N-dealkylation sites (tertiary alicyclic amines) is 1. The van der Waals surface area contributed by atoms with Crippen LogP contribution in [0.5, 0.6) is 11.5 Å². The van der Waals surface area contributed by atoms with Crippen LogP contribution in [0.3, 0.4) is 0 Å². The van der Waals surface area contributed by atoms with E-state index in [4.69, 9.17) is 4.74 Å². The highest BCUT2D eigenvalue weighted by molar-refractivity contribution is 5.92. The molecule has 3 aliphatic rings. The van der Waals surface area contributed by atoms with Gasteiger partial charge in [0.05, 0.1) is 17.6 Å². The molecule has 0 aromatic heterocycles. The van der Waals surface area contributed by atoms with Gasteiger partial charge in [0.25, 0.3) is 0 Å². The molecule has 1 N–H and O–H groups in total. The molecule has 2 unspecified atom stereocenters. The smallest absolute Gasteiger partial charge is 0.245 e. The topological polar surface area (TPSA) is 57.2 Å². The van der Waals surface area contributed by atoms with Gasteiger partial charge >= 0.3 is 0 Å². The van der Waals surface area contributed by atoms with Gasteiger partial charge in [0.2, 0.25) is 5.91 Å². The molecule has 0 aliphatic carbocycles. The molecule has 0 spiro atoms. The largest absolute Gasteiger partial charge is 0.457 e. The van der Waals surface area contributed by atoms with Crippen molar-refractivity contribution in [2.75, 3.05) is 13.1 Å². The van der Waals surface area contributed by atoms with E-state index in [1.54, 1.807) is 0 Å². The first-order valence-electron chi connectivity index (χ1n) is 11.0. The normalized spacial score (nSPS) is 21.9. The molecule has 0 saturated carbocycles. The Morgan fingerprint density at radius 3 is 2.69 bits per heavy atom. The van der Waals surface area contributed by atoms with E-state index in [1.807, 2.05) is 66.0 Å². The van der Waals surface area contributed by atoms with E-state index in [-0.39, 0.29) is 12.1 Å². The summed E-state index contributed by atoms with van der Waals surface area (Å²) in [5, 5.41) is 3.72. The molecule has 0 bridgehead atoms. The zero-order valence-electron chi connectivity index (χ0n) is 17.9. The van der Waals surface area contributed by atoms with Crippen LogP contribution < -0.4 is 10.1 Å². The maximum Gasteiger partial charge on any atom is 0.245 e. The number of benzene rings is 2. The van der Waals surface area contributed by atoms with Gasteiger partial charge in [0.1, 0.15) is 17.7 Å². The molecule has 3 aliphatic heterocycles. The van der Waals surface area contributed by atoms with Crippen LogP contribution in [0.1, 0.15) is 18.4 Å². The number of hydrogen-bond donors (Lipinski definition) is 1. The van der Waals surface area contributed by atoms with Gasteiger partial charge in [-0.15, -0.1) is 0 Å². The number of carbonyl (C=O) groups is 1. The van der Waals surface area contributed by atoms with E-state index in [0.29, 0.717) is 12.5 Å². The molecule has 1 saturated heterocycles. The third-order valence-electron chi connectivity index (χ3n) is 6.15. The molecule has 2 atom stereocenters. The van der Waals surface area contributed by atoms with Crippen LogP contribution in [0.25, 0.3) is 5.70 Å². The average molecular weight is 427 g/mol. The van der Waals surface area contributed by atoms with Crippen molar-refractivity contribution in [1.29, 1.82) is 0 Å². The summed E-state index contributed by atoms with van der Waals surface area (Å²) in [6, 6.07) is 17.9. The minimum Gasteiger partial charge on any atom is -0.457 e. The molecule has 3 heterocycles. The lowest BCUT2D eigenvalue weighted by atomic mass is 9.94. The van der Waals surface area contributed by atoms with Crippen LogP contribution in [0.2, 0.25) is 0 Å². The zero-order valence-corrected chi connectivity index (χ0v) is 17.9. The molecular weight excluding hydrogens is 400 g/mol. The Bertz CT molecular complexity index is 1090. The molecule has 2 aromatic rings. The second-order valence-corrected chi connectivity index (χ2v) is 8.16. The van der Waals surface area contributed by atoms with Crippen LogP contribution in [-0.4, -0.2) is 41.2 Å². The van der Waals surface area contributed by atoms with Crippen molar-refractivity contribution in [3.05, 3.63) is 90.9 Å². The number of nitrogens with one attached hydrogen (secondary N) is 1. The number of amides is 1. The Morgan fingerprint density at radius 1 is 1.12 bits per heavy atom. The lowest BCUT2D eigenvalue weighted by Crippen LogP contribution is -2.50. The average Bonchev–Trinajstić information content (AvgIpc) is 3.24. The molecule has 5 rings (SSSR count). The lowest BCUT2D eigenvalue weighted by Gasteiger charge is -2.38. The van der Waals surface area contributed by atoms with Crippen molar-refractivity contribution in [3.63, 3.8) is 0 Å². The standard InChI is InChI=1S/C26H26N4O2/c1-2-24(31)29-15-6-7-20(18-29)26-28-25(23-17-27-14-16-30(23)26)19-10-12-22(13-11-19)32-21-8-4-3-5-9-21/h2-5,8-14,16-17,20,26,28H,1,6-7,15,18H2. The number of ether oxygens (including phenoxy) is 1. The fourth-order valence-corrected chi connectivity index (χ4v) is 4.59. The van der Waals surface area contributed by atoms with Gasteiger partial charge in [0.15, 0.2) is 0 Å². The Labute approximate surface area is 188 Å². The minimum atomic E-state index is 0.00542. The summed E-state index contributed by atoms with van der Waals surface area (Å²) in [7, 11) is 0. The molecule has 162 valence electrons. The number of carbonyl (C=O) groups excluding carboxylic acids is 1. The van der Waals surface area contributed by atoms with Gasteiger partial charge in [-0.05, 0) is 55.3 Å². The van der Waals surface area contributed by atoms with E-state index < -0.39 is 0 Å². The van der Waals surface area contributed by atoms with E-state index >= 15 is 0 Å². The second-order valence-electron chi connectivity index (χ2n) is 8.16. The maximum absolute atomic E-state index is 12.2. The highest BCUT2D eigenvalue weighted by atomic mass is 16.5. The minimum absolute atomic E-state index is 0.00542. The number of nitrogens with zero attached hydrogens (tertiary/aromatic N) is 3. The predicted molar refractivity (Wildman–Crippen MR) is 126 cm³/mol. The molecule has 6 heteroatoms. The predicted octanol–water partition coefficient (Wildman–Crippen LogP) is 4.36. The number of piperidine rings is 1. The van der Waals surface area contributed by atoms with Gasteiger partial charge < -0.3 is 19.9 Å². The SMILES string of the molecule is C=CC(=O)N1CCCC(C2NC(c3ccc(Oc4ccccc4)cc3)=C3C=NC=CN32)C1. The van der Waals surface area contributed by atoms with Crippen molar-refractivity contribution in [3.8, 4) is 11.5 Å². The summed E-state index contributed by atoms with van der Waals surface area (Å²) in [5.41, 5.74) is 3.16. The Morgan fingerprint density at radius 2 is 1.91 bits per heavy atom. The van der Waals surface area contributed by atoms with Crippen LogP contribution in [-0.2, 0) is 4.79 Å². The Balaban J connectivity index is 1.36. The first-order valence-corrected chi connectivity index (χ1v) is 11.0. The van der Waals surface area contributed by atoms with Crippen LogP contribution in [0, 0.1) is 5.92 Å². The van der Waals surface area contributed by atoms with Gasteiger partial charge in [0, 0.05) is 37.0 Å². The van der Waals surface area contributed by atoms with Gasteiger partial charge in [-0.1, -0.05) is 24.8 Å². The third-order valence-corrected chi connectivity index (χ3v) is 6.15. The van der Waals surface area contributed by atoms with Gasteiger partial charge in [-0.25, -0.2) is 0 Å². The zero-order chi connectivity index (χ0) is 21.9. The van der Waals surface area contributed by atoms with E-state index in [2.05, 4.69) is 33.9 Å². The fourth-order valence-electron chi connectivity index (χ4n) is 4.59. The highest BCUT2D eigenvalue weighted by Gasteiger charge is 2.38. The molecule has 1 amide bonds. The summed E-state index contributed by atoms with van der Waals surface area (Å²) in [6.45, 7) is 5.15. The van der Waals surface area contributed by atoms with Crippen LogP contribution in [0.15, 0.2) is 90.3 Å². The molecule has 1 fully saturated rings. The van der Waals surface area contributed by atoms with Gasteiger partial charge in [-0.3, -0.25) is 9.79 Å². The van der Waals surface area contributed by atoms with Gasteiger partial charge in [-0.2, -0.15) is 0 Å². The van der Waals surface area contributed by atoms with E-state index in [0.717, 1.165) is 47.8 Å². The second kappa shape index (κ2) is 8.75. The number of rotatable bonds is 5. The number of allylic oxidation sites excluding steroid dienone is 1. The maximum atomic E-state index is 12.2. The van der Waals surface area contributed by atoms with E-state index in [1.165, 1.54) is 6.08 Å².